The minimum Gasteiger partial charge on any atom is -0.356 e. The predicted molar refractivity (Wildman–Crippen MR) is 604 cm³/mol. The zero-order valence-electron chi connectivity index (χ0n) is 79.5. The molecule has 2 aliphatic carbocycles. The summed E-state index contributed by atoms with van der Waals surface area (Å²) in [4.78, 5) is 0. The van der Waals surface area contributed by atoms with Gasteiger partial charge in [-0.2, -0.15) is 0 Å². The predicted octanol–water partition coefficient (Wildman–Crippen LogP) is 37.5. The standard InChI is InChI=1S/C44H32.C36H27N.C32H26.C28H19N/c1-4-12-34(13-5-1)35-24-20-32(21-25-35)30-33-22-26-36(27-23-33)37-28-29-41-40-18-10-11-19-42(40)44(43(41)31-37,38-14-6-2-7-15-38)39-16-8-3-9-17-39;1-3-9-27(10-4-1)31-13-7-15-33(25-31)29-17-21-35(22-18-29)37-36-23-19-30(20-24-36)34-16-8-14-32(26-34)28-11-5-2-6-12-28;1-32(2)30-10-6-5-9-28(30)29-18-17-27(21-31(29)32)25-14-11-22(12-15-25)19-23-13-16-24-7-3-4-8-26(24)20-23;1-3-7-25-19(5-1)9-11-21-17-23(13-15-27(21)25)29-24-14-16-28-22(18-24)12-10-20-6-2-4-8-26(20)28/h1-29,31H,30H2;1-26,37H;3-18,20-21H,19H2,1-2H3;1-18,29H. The van der Waals surface area contributed by atoms with E-state index in [-0.39, 0.29) is 10.8 Å². The monoisotopic (exact) mass is 1810 g/mol. The average Bonchev–Trinajstić information content (AvgIpc) is 1.53. The van der Waals surface area contributed by atoms with Crippen LogP contribution in [0.1, 0.15) is 69.5 Å². The van der Waals surface area contributed by atoms with Crippen LogP contribution in [0.5, 0.6) is 0 Å². The van der Waals surface area contributed by atoms with E-state index in [0.717, 1.165) is 35.6 Å². The second kappa shape index (κ2) is 39.3. The van der Waals surface area contributed by atoms with Crippen LogP contribution in [-0.2, 0) is 23.7 Å². The summed E-state index contributed by atoms with van der Waals surface area (Å²) in [5.74, 6) is 0. The van der Waals surface area contributed by atoms with Crippen molar-refractivity contribution in [3.8, 4) is 100 Å². The van der Waals surface area contributed by atoms with Crippen molar-refractivity contribution in [2.45, 2.75) is 37.5 Å². The summed E-state index contributed by atoms with van der Waals surface area (Å²) in [6.45, 7) is 4.68. The zero-order chi connectivity index (χ0) is 95.1. The molecular formula is C140H104N2. The van der Waals surface area contributed by atoms with E-state index >= 15 is 0 Å². The molecule has 26 rings (SSSR count). The Bertz CT molecular complexity index is 8370. The molecule has 0 spiro atoms. The highest BCUT2D eigenvalue weighted by molar-refractivity contribution is 6.10. The maximum Gasteiger partial charge on any atom is 0.0713 e. The minimum atomic E-state index is -0.379. The fraction of sp³-hybridized carbons (Fsp3) is 0.0429. The van der Waals surface area contributed by atoms with Crippen molar-refractivity contribution in [1.29, 1.82) is 0 Å². The van der Waals surface area contributed by atoms with Gasteiger partial charge in [-0.3, -0.25) is 0 Å². The van der Waals surface area contributed by atoms with Crippen LogP contribution in [0, 0.1) is 0 Å². The Hall–Kier alpha value is -17.8. The van der Waals surface area contributed by atoms with Crippen LogP contribution < -0.4 is 10.6 Å². The van der Waals surface area contributed by atoms with E-state index in [2.05, 4.69) is 583 Å². The van der Waals surface area contributed by atoms with E-state index in [0.29, 0.717) is 0 Å². The summed E-state index contributed by atoms with van der Waals surface area (Å²) in [5.41, 5.74) is 40.2. The van der Waals surface area contributed by atoms with Crippen LogP contribution in [0.25, 0.3) is 154 Å². The van der Waals surface area contributed by atoms with Gasteiger partial charge in [-0.15, -0.1) is 0 Å². The molecule has 24 aromatic carbocycles. The van der Waals surface area contributed by atoms with Crippen molar-refractivity contribution >= 4 is 76.6 Å². The van der Waals surface area contributed by atoms with Gasteiger partial charge in [0, 0.05) is 28.2 Å². The first-order chi connectivity index (χ1) is 70.1. The van der Waals surface area contributed by atoms with Gasteiger partial charge in [0.15, 0.2) is 0 Å². The van der Waals surface area contributed by atoms with Gasteiger partial charge in [-0.1, -0.05) is 499 Å². The summed E-state index contributed by atoms with van der Waals surface area (Å²) in [7, 11) is 0. The van der Waals surface area contributed by atoms with Gasteiger partial charge in [-0.25, -0.2) is 0 Å². The molecule has 0 amide bonds. The van der Waals surface area contributed by atoms with Gasteiger partial charge >= 0.3 is 0 Å². The second-order valence-electron chi connectivity index (χ2n) is 38.0. The number of anilines is 4. The summed E-state index contributed by atoms with van der Waals surface area (Å²) in [6, 6.07) is 202. The number of benzene rings is 24. The number of rotatable bonds is 17. The van der Waals surface area contributed by atoms with Gasteiger partial charge in [0.25, 0.3) is 0 Å². The normalized spacial score (nSPS) is 12.2. The van der Waals surface area contributed by atoms with Gasteiger partial charge in [0.05, 0.1) is 5.41 Å². The van der Waals surface area contributed by atoms with Gasteiger partial charge in [0.1, 0.15) is 0 Å². The van der Waals surface area contributed by atoms with Gasteiger partial charge < -0.3 is 10.6 Å². The molecule has 674 valence electrons. The molecule has 0 fully saturated rings. The lowest BCUT2D eigenvalue weighted by molar-refractivity contribution is 0.660. The average molecular weight is 1810 g/mol. The zero-order valence-corrected chi connectivity index (χ0v) is 79.5. The van der Waals surface area contributed by atoms with Crippen LogP contribution >= 0.6 is 0 Å². The molecule has 0 bridgehead atoms. The third-order valence-electron chi connectivity index (χ3n) is 28.8. The summed E-state index contributed by atoms with van der Waals surface area (Å²) >= 11 is 0. The van der Waals surface area contributed by atoms with E-state index in [9.17, 15) is 0 Å². The Balaban J connectivity index is 0.000000106. The lowest BCUT2D eigenvalue weighted by Gasteiger charge is -2.34. The van der Waals surface area contributed by atoms with Gasteiger partial charge in [-0.05, 0) is 295 Å². The minimum absolute atomic E-state index is 0.0396. The van der Waals surface area contributed by atoms with Crippen molar-refractivity contribution in [2.75, 3.05) is 10.6 Å². The molecule has 0 atom stereocenters. The Morgan fingerprint density at radius 3 is 0.901 bits per heavy atom. The quantitative estimate of drug-likeness (QED) is 0.0888. The Morgan fingerprint density at radius 1 is 0.155 bits per heavy atom. The first-order valence-electron chi connectivity index (χ1n) is 49.4. The highest BCUT2D eigenvalue weighted by Gasteiger charge is 2.46. The van der Waals surface area contributed by atoms with Crippen molar-refractivity contribution in [3.05, 3.63) is 614 Å². The highest BCUT2D eigenvalue weighted by atomic mass is 14.9. The van der Waals surface area contributed by atoms with Crippen molar-refractivity contribution in [3.63, 3.8) is 0 Å². The molecule has 2 nitrogen and oxygen atoms in total. The SMILES string of the molecule is CC1(C)c2ccccc2-c2ccc(-c3ccc(Cc4ccc5ccccc5c4)cc3)cc21.c1ccc(-c2ccc(Cc3ccc(-c4ccc5c(c4)C(c4ccccc4)(c4ccccc4)c4ccccc4-5)cc3)cc2)cc1.c1ccc(-c2cccc(-c3ccc(Nc4ccc(-c5cccc(-c6ccccc6)c5)cc4)cc3)c2)cc1.c1ccc2c(c1)ccc1cc(Nc3ccc4c(ccc5ccccc54)c3)ccc12. The highest BCUT2D eigenvalue weighted by Crippen LogP contribution is 2.57. The third kappa shape index (κ3) is 18.2. The second-order valence-corrected chi connectivity index (χ2v) is 38.0. The molecule has 0 saturated carbocycles. The summed E-state index contributed by atoms with van der Waals surface area (Å²) in [6.07, 6.45) is 1.87. The van der Waals surface area contributed by atoms with Crippen molar-refractivity contribution in [1.82, 2.24) is 0 Å². The topological polar surface area (TPSA) is 24.1 Å². The van der Waals surface area contributed by atoms with Crippen molar-refractivity contribution in [2.24, 2.45) is 0 Å². The van der Waals surface area contributed by atoms with E-state index in [1.165, 1.54) is 210 Å². The van der Waals surface area contributed by atoms with E-state index in [4.69, 9.17) is 0 Å². The molecule has 142 heavy (non-hydrogen) atoms. The molecule has 0 aliphatic heterocycles. The van der Waals surface area contributed by atoms with Crippen LogP contribution in [0.2, 0.25) is 0 Å². The van der Waals surface area contributed by atoms with Gasteiger partial charge in [0.2, 0.25) is 0 Å². The van der Waals surface area contributed by atoms with Crippen LogP contribution in [0.15, 0.2) is 558 Å². The number of hydrogen-bond donors (Lipinski definition) is 2. The fourth-order valence-electron chi connectivity index (χ4n) is 21.4. The number of fused-ring (bicyclic) bond motifs is 13. The third-order valence-corrected chi connectivity index (χ3v) is 28.8. The largest absolute Gasteiger partial charge is 0.356 e. The molecule has 0 radical (unpaired) electrons. The van der Waals surface area contributed by atoms with Crippen LogP contribution in [0.4, 0.5) is 22.7 Å². The lowest BCUT2D eigenvalue weighted by atomic mass is 9.67. The summed E-state index contributed by atoms with van der Waals surface area (Å²) < 4.78 is 0. The first kappa shape index (κ1) is 88.2. The van der Waals surface area contributed by atoms with E-state index in [1.54, 1.807) is 0 Å². The number of hydrogen-bond acceptors (Lipinski definition) is 2. The number of nitrogens with one attached hydrogen (secondary N) is 2. The molecule has 2 N–H and O–H groups in total. The van der Waals surface area contributed by atoms with E-state index in [1.807, 2.05) is 0 Å². The maximum absolute atomic E-state index is 3.58. The Morgan fingerprint density at radius 2 is 0.437 bits per heavy atom. The Kier molecular flexibility index (Phi) is 24.4. The molecule has 0 aromatic heterocycles. The lowest BCUT2D eigenvalue weighted by Crippen LogP contribution is -2.28. The van der Waals surface area contributed by atoms with Crippen LogP contribution in [0.3, 0.4) is 0 Å². The molecule has 24 aromatic rings. The van der Waals surface area contributed by atoms with Crippen molar-refractivity contribution < 1.29 is 0 Å². The Labute approximate surface area is 832 Å². The first-order valence-corrected chi connectivity index (χ1v) is 49.4. The fourth-order valence-corrected chi connectivity index (χ4v) is 21.4. The molecular weight excluding hydrogens is 1710 g/mol. The molecule has 2 heteroatoms. The maximum atomic E-state index is 3.58. The molecule has 0 heterocycles. The summed E-state index contributed by atoms with van der Waals surface area (Å²) in [5, 5.41) is 20.0. The molecule has 2 aliphatic rings. The van der Waals surface area contributed by atoms with Crippen LogP contribution in [-0.4, -0.2) is 0 Å². The molecule has 0 unspecified atom stereocenters. The van der Waals surface area contributed by atoms with E-state index < -0.39 is 0 Å². The molecule has 0 saturated heterocycles. The smallest absolute Gasteiger partial charge is 0.0713 e.